The SMILES string of the molecule is CC1(C)CCC(C)(C)c2cc(-c3cc(F)cc(-n4c5c(c6ccc(N(c7ccc8c(c7)sc7ccccc78)c7ccccc7-c7ccccc7)cc64)=CCCC=5)c3)ccc21. The van der Waals surface area contributed by atoms with Gasteiger partial charge in [0.25, 0.3) is 0 Å². The second-order valence-corrected chi connectivity index (χ2v) is 19.1. The summed E-state index contributed by atoms with van der Waals surface area (Å²) in [5.41, 5.74) is 12.3. The van der Waals surface area contributed by atoms with E-state index < -0.39 is 0 Å². The van der Waals surface area contributed by atoms with E-state index in [9.17, 15) is 0 Å². The largest absolute Gasteiger partial charge is 0.310 e. The third-order valence-electron chi connectivity index (χ3n) is 13.3. The molecule has 0 unspecified atom stereocenters. The molecule has 0 aliphatic heterocycles. The average molecular weight is 799 g/mol. The number of para-hydroxylation sites is 1. The highest BCUT2D eigenvalue weighted by atomic mass is 32.1. The zero-order chi connectivity index (χ0) is 40.8. The first-order valence-electron chi connectivity index (χ1n) is 21.3. The van der Waals surface area contributed by atoms with Crippen LogP contribution in [0.15, 0.2) is 152 Å². The van der Waals surface area contributed by atoms with Gasteiger partial charge in [0.05, 0.1) is 11.2 Å². The van der Waals surface area contributed by atoms with Crippen molar-refractivity contribution in [3.05, 3.63) is 179 Å². The minimum atomic E-state index is -0.235. The van der Waals surface area contributed by atoms with E-state index in [1.807, 2.05) is 11.3 Å². The lowest BCUT2D eigenvalue weighted by Gasteiger charge is -2.42. The monoisotopic (exact) mass is 798 g/mol. The Hall–Kier alpha value is -6.23. The maximum atomic E-state index is 16.2. The molecule has 9 aromatic rings. The molecule has 11 rings (SSSR count). The van der Waals surface area contributed by atoms with Crippen LogP contribution in [0, 0.1) is 5.82 Å². The van der Waals surface area contributed by atoms with Crippen LogP contribution in [0.25, 0.3) is 71.2 Å². The number of thiophene rings is 1. The zero-order valence-electron chi connectivity index (χ0n) is 34.6. The highest BCUT2D eigenvalue weighted by Gasteiger charge is 2.37. The van der Waals surface area contributed by atoms with Crippen molar-refractivity contribution in [2.24, 2.45) is 0 Å². The minimum absolute atomic E-state index is 0.0560. The number of hydrogen-bond donors (Lipinski definition) is 0. The van der Waals surface area contributed by atoms with Crippen LogP contribution < -0.4 is 15.5 Å². The molecule has 7 aromatic carbocycles. The van der Waals surface area contributed by atoms with E-state index in [1.165, 1.54) is 41.9 Å². The molecule has 0 N–H and O–H groups in total. The average Bonchev–Trinajstić information content (AvgIpc) is 3.81. The normalized spacial score (nSPS) is 15.3. The summed E-state index contributed by atoms with van der Waals surface area (Å²) in [6, 6.07) is 54.2. The molecule has 2 heterocycles. The molecule has 60 heavy (non-hydrogen) atoms. The fourth-order valence-electron chi connectivity index (χ4n) is 10.1. The molecular weight excluding hydrogens is 752 g/mol. The molecule has 2 nitrogen and oxygen atoms in total. The van der Waals surface area contributed by atoms with Gasteiger partial charge in [-0.25, -0.2) is 4.39 Å². The molecule has 0 amide bonds. The van der Waals surface area contributed by atoms with Crippen LogP contribution >= 0.6 is 11.3 Å². The van der Waals surface area contributed by atoms with Gasteiger partial charge in [0, 0.05) is 58.8 Å². The minimum Gasteiger partial charge on any atom is -0.310 e. The number of rotatable bonds is 6. The van der Waals surface area contributed by atoms with Crippen molar-refractivity contribution < 1.29 is 4.39 Å². The van der Waals surface area contributed by atoms with Gasteiger partial charge in [-0.15, -0.1) is 11.3 Å². The molecule has 0 saturated carbocycles. The van der Waals surface area contributed by atoms with Gasteiger partial charge in [-0.2, -0.15) is 0 Å². The Balaban J connectivity index is 1.13. The Morgan fingerprint density at radius 2 is 1.25 bits per heavy atom. The summed E-state index contributed by atoms with van der Waals surface area (Å²) >= 11 is 1.84. The highest BCUT2D eigenvalue weighted by Crippen LogP contribution is 2.48. The standard InChI is InChI=1S/C56H47FN2S/c1-55(2)28-29-56(3,4)49-32-37(22-27-48(49)55)38-30-39(57)33-42(31-38)59-51-20-12-9-17-44(51)45-25-23-40(34-52(45)59)58(50-19-11-8-16-43(50)36-14-6-5-7-15-36)41-24-26-47-46-18-10-13-21-53(46)60-54(47)35-41/h5-8,10-11,13-27,30-35H,9,12,28-29H2,1-4H3. The van der Waals surface area contributed by atoms with Gasteiger partial charge in [0.1, 0.15) is 5.82 Å². The zero-order valence-corrected chi connectivity index (χ0v) is 35.4. The number of aromatic nitrogens is 1. The molecular formula is C56H47FN2S. The van der Waals surface area contributed by atoms with E-state index in [0.717, 1.165) is 81.6 Å². The first-order chi connectivity index (χ1) is 29.1. The Bertz CT molecular complexity index is 3290. The summed E-state index contributed by atoms with van der Waals surface area (Å²) < 4.78 is 21.0. The summed E-state index contributed by atoms with van der Waals surface area (Å²) in [6.07, 6.45) is 8.91. The molecule has 2 aliphatic rings. The van der Waals surface area contributed by atoms with Crippen LogP contribution in [0.1, 0.15) is 64.5 Å². The third kappa shape index (κ3) is 6.03. The summed E-state index contributed by atoms with van der Waals surface area (Å²) in [4.78, 5) is 2.41. The second-order valence-electron chi connectivity index (χ2n) is 18.0. The summed E-state index contributed by atoms with van der Waals surface area (Å²) in [6.45, 7) is 9.41. The van der Waals surface area contributed by atoms with Crippen molar-refractivity contribution in [3.63, 3.8) is 0 Å². The van der Waals surface area contributed by atoms with E-state index in [1.54, 1.807) is 12.1 Å². The van der Waals surface area contributed by atoms with Gasteiger partial charge in [0.2, 0.25) is 0 Å². The van der Waals surface area contributed by atoms with Gasteiger partial charge >= 0.3 is 0 Å². The van der Waals surface area contributed by atoms with Crippen molar-refractivity contribution in [2.75, 3.05) is 4.90 Å². The van der Waals surface area contributed by atoms with Crippen LogP contribution in [0.2, 0.25) is 0 Å². The van der Waals surface area contributed by atoms with Gasteiger partial charge < -0.3 is 9.47 Å². The Labute approximate surface area is 355 Å². The second kappa shape index (κ2) is 13.9. The molecule has 2 aliphatic carbocycles. The molecule has 0 radical (unpaired) electrons. The fraction of sp³-hybridized carbons (Fsp3) is 0.179. The van der Waals surface area contributed by atoms with Crippen molar-refractivity contribution in [1.82, 2.24) is 4.57 Å². The maximum Gasteiger partial charge on any atom is 0.125 e. The Morgan fingerprint density at radius 3 is 2.10 bits per heavy atom. The van der Waals surface area contributed by atoms with Gasteiger partial charge in [-0.1, -0.05) is 137 Å². The molecule has 0 bridgehead atoms. The molecule has 4 heteroatoms. The predicted molar refractivity (Wildman–Crippen MR) is 254 cm³/mol. The van der Waals surface area contributed by atoms with Crippen molar-refractivity contribution in [1.29, 1.82) is 0 Å². The lowest BCUT2D eigenvalue weighted by molar-refractivity contribution is 0.332. The molecule has 0 fully saturated rings. The Morgan fingerprint density at radius 1 is 0.550 bits per heavy atom. The summed E-state index contributed by atoms with van der Waals surface area (Å²) in [7, 11) is 0. The van der Waals surface area contributed by atoms with Crippen LogP contribution in [-0.4, -0.2) is 4.57 Å². The first kappa shape index (κ1) is 36.8. The molecule has 2 aromatic heterocycles. The van der Waals surface area contributed by atoms with Crippen LogP contribution in [-0.2, 0) is 10.8 Å². The maximum absolute atomic E-state index is 16.2. The van der Waals surface area contributed by atoms with E-state index in [4.69, 9.17) is 0 Å². The highest BCUT2D eigenvalue weighted by molar-refractivity contribution is 7.25. The number of nitrogens with zero attached hydrogens (tertiary/aromatic N) is 2. The van der Waals surface area contributed by atoms with Gasteiger partial charge in [0.15, 0.2) is 0 Å². The molecule has 0 atom stereocenters. The number of fused-ring (bicyclic) bond motifs is 7. The van der Waals surface area contributed by atoms with Crippen LogP contribution in [0.3, 0.4) is 0 Å². The van der Waals surface area contributed by atoms with E-state index >= 15 is 4.39 Å². The number of halogens is 1. The lowest BCUT2D eigenvalue weighted by atomic mass is 9.63. The molecule has 294 valence electrons. The summed E-state index contributed by atoms with van der Waals surface area (Å²) in [5, 5.41) is 6.07. The number of hydrogen-bond acceptors (Lipinski definition) is 2. The fourth-order valence-corrected chi connectivity index (χ4v) is 11.2. The first-order valence-corrected chi connectivity index (χ1v) is 22.1. The van der Waals surface area contributed by atoms with E-state index in [2.05, 4.69) is 189 Å². The summed E-state index contributed by atoms with van der Waals surface area (Å²) in [5.74, 6) is -0.235. The van der Waals surface area contributed by atoms with Crippen LogP contribution in [0.5, 0.6) is 0 Å². The van der Waals surface area contributed by atoms with Crippen molar-refractivity contribution in [3.8, 4) is 27.9 Å². The van der Waals surface area contributed by atoms with Crippen molar-refractivity contribution in [2.45, 2.75) is 64.2 Å². The Kier molecular flexibility index (Phi) is 8.55. The van der Waals surface area contributed by atoms with Gasteiger partial charge in [-0.3, -0.25) is 0 Å². The topological polar surface area (TPSA) is 8.17 Å². The smallest absolute Gasteiger partial charge is 0.125 e. The van der Waals surface area contributed by atoms with E-state index in [0.29, 0.717) is 0 Å². The van der Waals surface area contributed by atoms with Crippen LogP contribution in [0.4, 0.5) is 21.5 Å². The number of anilines is 3. The molecule has 0 spiro atoms. The molecule has 0 saturated heterocycles. The van der Waals surface area contributed by atoms with Gasteiger partial charge in [-0.05, 0) is 119 Å². The lowest BCUT2D eigenvalue weighted by Crippen LogP contribution is -2.33. The quantitative estimate of drug-likeness (QED) is 0.163. The number of benzene rings is 7. The van der Waals surface area contributed by atoms with E-state index in [-0.39, 0.29) is 16.6 Å². The third-order valence-corrected chi connectivity index (χ3v) is 14.5. The predicted octanol–water partition coefficient (Wildman–Crippen LogP) is 14.6. The van der Waals surface area contributed by atoms with Crippen molar-refractivity contribution >= 4 is 71.6 Å².